The van der Waals surface area contributed by atoms with Crippen LogP contribution in [0.15, 0.2) is 18.2 Å². The van der Waals surface area contributed by atoms with Gasteiger partial charge in [0.05, 0.1) is 17.2 Å². The lowest BCUT2D eigenvalue weighted by molar-refractivity contribution is 0.0905. The van der Waals surface area contributed by atoms with Gasteiger partial charge in [0, 0.05) is 18.2 Å². The number of halogens is 2. The Morgan fingerprint density at radius 3 is 2.81 bits per heavy atom. The van der Waals surface area contributed by atoms with Crippen molar-refractivity contribution in [3.05, 3.63) is 33.8 Å². The van der Waals surface area contributed by atoms with Gasteiger partial charge in [0.1, 0.15) is 0 Å². The predicted octanol–water partition coefficient (Wildman–Crippen LogP) is 2.76. The van der Waals surface area contributed by atoms with Crippen molar-refractivity contribution in [2.75, 3.05) is 13.7 Å². The van der Waals surface area contributed by atoms with Crippen molar-refractivity contribution >= 4 is 29.1 Å². The first-order valence-electron chi connectivity index (χ1n) is 4.79. The molecule has 0 radical (unpaired) electrons. The summed E-state index contributed by atoms with van der Waals surface area (Å²) in [7, 11) is 1.58. The van der Waals surface area contributed by atoms with Gasteiger partial charge in [-0.1, -0.05) is 23.2 Å². The fourth-order valence-electron chi connectivity index (χ4n) is 1.26. The normalized spacial score (nSPS) is 12.2. The molecule has 88 valence electrons. The molecule has 0 aliphatic heterocycles. The Morgan fingerprint density at radius 2 is 2.19 bits per heavy atom. The molecule has 1 amide bonds. The Morgan fingerprint density at radius 1 is 1.50 bits per heavy atom. The molecule has 1 atom stereocenters. The van der Waals surface area contributed by atoms with Crippen LogP contribution in [-0.2, 0) is 4.74 Å². The van der Waals surface area contributed by atoms with E-state index in [0.29, 0.717) is 22.2 Å². The lowest BCUT2D eigenvalue weighted by atomic mass is 10.2. The van der Waals surface area contributed by atoms with Crippen LogP contribution < -0.4 is 5.32 Å². The molecule has 0 bridgehead atoms. The summed E-state index contributed by atoms with van der Waals surface area (Å²) in [5, 5.41) is 3.62. The summed E-state index contributed by atoms with van der Waals surface area (Å²) in [5.74, 6) is -0.253. The van der Waals surface area contributed by atoms with Gasteiger partial charge < -0.3 is 10.1 Å². The average molecular weight is 262 g/mol. The lowest BCUT2D eigenvalue weighted by Crippen LogP contribution is -2.35. The fourth-order valence-corrected chi connectivity index (χ4v) is 1.64. The summed E-state index contributed by atoms with van der Waals surface area (Å²) in [6.45, 7) is 2.30. The van der Waals surface area contributed by atoms with Crippen LogP contribution in [0, 0.1) is 0 Å². The van der Waals surface area contributed by atoms with Crippen molar-refractivity contribution in [1.29, 1.82) is 0 Å². The lowest BCUT2D eigenvalue weighted by Gasteiger charge is -2.13. The highest BCUT2D eigenvalue weighted by Gasteiger charge is 2.13. The first kappa shape index (κ1) is 13.3. The highest BCUT2D eigenvalue weighted by atomic mass is 35.5. The summed E-state index contributed by atoms with van der Waals surface area (Å²) in [6.07, 6.45) is 0. The molecular weight excluding hydrogens is 249 g/mol. The van der Waals surface area contributed by atoms with Crippen LogP contribution in [0.5, 0.6) is 0 Å². The molecule has 1 aromatic rings. The minimum atomic E-state index is -0.253. The zero-order chi connectivity index (χ0) is 12.1. The Labute approximate surface area is 105 Å². The van der Waals surface area contributed by atoms with E-state index in [1.165, 1.54) is 0 Å². The van der Waals surface area contributed by atoms with Gasteiger partial charge in [0.15, 0.2) is 0 Å². The average Bonchev–Trinajstić information content (AvgIpc) is 2.21. The molecule has 0 saturated carbocycles. The molecule has 0 heterocycles. The summed E-state index contributed by atoms with van der Waals surface area (Å²) >= 11 is 11.7. The van der Waals surface area contributed by atoms with Crippen LogP contribution >= 0.6 is 23.2 Å². The molecule has 0 aliphatic rings. The standard InChI is InChI=1S/C11H13Cl2NO2/c1-7(6-16-2)14-11(15)9-5-8(12)3-4-10(9)13/h3-5,7H,6H2,1-2H3,(H,14,15)/t7-/m1/s1. The summed E-state index contributed by atoms with van der Waals surface area (Å²) in [5.41, 5.74) is 0.372. The Kier molecular flexibility index (Phi) is 5.06. The zero-order valence-electron chi connectivity index (χ0n) is 9.09. The first-order valence-corrected chi connectivity index (χ1v) is 5.55. The van der Waals surface area contributed by atoms with Crippen LogP contribution in [0.3, 0.4) is 0 Å². The van der Waals surface area contributed by atoms with Gasteiger partial charge in [-0.3, -0.25) is 4.79 Å². The largest absolute Gasteiger partial charge is 0.383 e. The molecular formula is C11H13Cl2NO2. The van der Waals surface area contributed by atoms with Crippen molar-refractivity contribution < 1.29 is 9.53 Å². The number of hydrogen-bond acceptors (Lipinski definition) is 2. The van der Waals surface area contributed by atoms with Gasteiger partial charge in [0.25, 0.3) is 5.91 Å². The highest BCUT2D eigenvalue weighted by molar-refractivity contribution is 6.35. The van der Waals surface area contributed by atoms with Gasteiger partial charge in [-0.25, -0.2) is 0 Å². The maximum atomic E-state index is 11.8. The number of hydrogen-bond donors (Lipinski definition) is 1. The fraction of sp³-hybridized carbons (Fsp3) is 0.364. The number of benzene rings is 1. The minimum Gasteiger partial charge on any atom is -0.383 e. The zero-order valence-corrected chi connectivity index (χ0v) is 10.6. The van der Waals surface area contributed by atoms with E-state index in [2.05, 4.69) is 5.32 Å². The quantitative estimate of drug-likeness (QED) is 0.906. The van der Waals surface area contributed by atoms with Crippen LogP contribution in [-0.4, -0.2) is 25.7 Å². The third-order valence-corrected chi connectivity index (χ3v) is 2.53. The topological polar surface area (TPSA) is 38.3 Å². The smallest absolute Gasteiger partial charge is 0.253 e. The van der Waals surface area contributed by atoms with E-state index in [9.17, 15) is 4.79 Å². The number of methoxy groups -OCH3 is 1. The monoisotopic (exact) mass is 261 g/mol. The number of ether oxygens (including phenoxy) is 1. The molecule has 0 aliphatic carbocycles. The Balaban J connectivity index is 2.76. The second kappa shape index (κ2) is 6.09. The van der Waals surface area contributed by atoms with E-state index in [0.717, 1.165) is 0 Å². The summed E-state index contributed by atoms with van der Waals surface area (Å²) in [4.78, 5) is 11.8. The number of rotatable bonds is 4. The van der Waals surface area contributed by atoms with Gasteiger partial charge in [-0.15, -0.1) is 0 Å². The summed E-state index contributed by atoms with van der Waals surface area (Å²) in [6, 6.07) is 4.70. The van der Waals surface area contributed by atoms with E-state index in [-0.39, 0.29) is 11.9 Å². The van der Waals surface area contributed by atoms with Crippen molar-refractivity contribution in [2.24, 2.45) is 0 Å². The van der Waals surface area contributed by atoms with E-state index < -0.39 is 0 Å². The van der Waals surface area contributed by atoms with E-state index >= 15 is 0 Å². The van der Waals surface area contributed by atoms with Crippen molar-refractivity contribution in [3.8, 4) is 0 Å². The molecule has 1 N–H and O–H groups in total. The second-order valence-corrected chi connectivity index (χ2v) is 4.30. The van der Waals surface area contributed by atoms with Gasteiger partial charge in [-0.05, 0) is 25.1 Å². The molecule has 0 fully saturated rings. The summed E-state index contributed by atoms with van der Waals surface area (Å²) < 4.78 is 4.92. The van der Waals surface area contributed by atoms with Gasteiger partial charge in [-0.2, -0.15) is 0 Å². The first-order chi connectivity index (χ1) is 7.54. The van der Waals surface area contributed by atoms with Crippen molar-refractivity contribution in [1.82, 2.24) is 5.32 Å². The third-order valence-electron chi connectivity index (χ3n) is 1.97. The van der Waals surface area contributed by atoms with Crippen LogP contribution in [0.25, 0.3) is 0 Å². The maximum Gasteiger partial charge on any atom is 0.253 e. The number of carbonyl (C=O) groups excluding carboxylic acids is 1. The molecule has 3 nitrogen and oxygen atoms in total. The molecule has 5 heteroatoms. The Bertz CT molecular complexity index is 382. The molecule has 1 rings (SSSR count). The molecule has 0 saturated heterocycles. The minimum absolute atomic E-state index is 0.0763. The van der Waals surface area contributed by atoms with Crippen molar-refractivity contribution in [2.45, 2.75) is 13.0 Å². The molecule has 1 aromatic carbocycles. The SMILES string of the molecule is COC[C@@H](C)NC(=O)c1cc(Cl)ccc1Cl. The predicted molar refractivity (Wildman–Crippen MR) is 65.3 cm³/mol. The number of carbonyl (C=O) groups is 1. The van der Waals surface area contributed by atoms with E-state index in [4.69, 9.17) is 27.9 Å². The molecule has 0 spiro atoms. The Hall–Kier alpha value is -0.770. The van der Waals surface area contributed by atoms with Crippen molar-refractivity contribution in [3.63, 3.8) is 0 Å². The highest BCUT2D eigenvalue weighted by Crippen LogP contribution is 2.20. The maximum absolute atomic E-state index is 11.8. The molecule has 0 unspecified atom stereocenters. The van der Waals surface area contributed by atoms with Gasteiger partial charge >= 0.3 is 0 Å². The van der Waals surface area contributed by atoms with Gasteiger partial charge in [0.2, 0.25) is 0 Å². The molecule has 0 aromatic heterocycles. The molecule has 16 heavy (non-hydrogen) atoms. The number of nitrogens with one attached hydrogen (secondary N) is 1. The van der Waals surface area contributed by atoms with E-state index in [1.807, 2.05) is 6.92 Å². The van der Waals surface area contributed by atoms with Crippen LogP contribution in [0.1, 0.15) is 17.3 Å². The second-order valence-electron chi connectivity index (χ2n) is 3.45. The van der Waals surface area contributed by atoms with E-state index in [1.54, 1.807) is 25.3 Å². The van der Waals surface area contributed by atoms with Crippen LogP contribution in [0.4, 0.5) is 0 Å². The van der Waals surface area contributed by atoms with Crippen LogP contribution in [0.2, 0.25) is 10.0 Å². The third kappa shape index (κ3) is 3.67. The number of amides is 1.